The molecule has 5 heteroatoms. The summed E-state index contributed by atoms with van der Waals surface area (Å²) in [7, 11) is 0. The number of aromatic carboxylic acids is 2. The second kappa shape index (κ2) is 4.62. The van der Waals surface area contributed by atoms with Crippen LogP contribution in [-0.4, -0.2) is 11.9 Å². The number of hydrogen-bond donors (Lipinski definition) is 0. The minimum absolute atomic E-state index is 0. The zero-order chi connectivity index (χ0) is 9.14. The fourth-order valence-electron chi connectivity index (χ4n) is 0.742. The number of benzene rings is 1. The van der Waals surface area contributed by atoms with Gasteiger partial charge in [0.25, 0.3) is 0 Å². The van der Waals surface area contributed by atoms with Crippen molar-refractivity contribution in [3.8, 4) is 0 Å². The van der Waals surface area contributed by atoms with E-state index in [2.05, 4.69) is 0 Å². The van der Waals surface area contributed by atoms with Crippen molar-refractivity contribution in [3.05, 3.63) is 35.4 Å². The van der Waals surface area contributed by atoms with Gasteiger partial charge < -0.3 is 19.8 Å². The molecule has 1 rings (SSSR count). The average molecular weight is 223 g/mol. The van der Waals surface area contributed by atoms with Gasteiger partial charge in [0.15, 0.2) is 0 Å². The predicted octanol–water partition coefficient (Wildman–Crippen LogP) is -1.59. The van der Waals surface area contributed by atoms with Crippen LogP contribution in [0.2, 0.25) is 0 Å². The summed E-state index contributed by atoms with van der Waals surface area (Å²) < 4.78 is 0. The average Bonchev–Trinajstić information content (AvgIpc) is 2.04. The predicted molar refractivity (Wildman–Crippen MR) is 35.1 cm³/mol. The van der Waals surface area contributed by atoms with E-state index in [0.29, 0.717) is 0 Å². The van der Waals surface area contributed by atoms with Crippen molar-refractivity contribution in [2.24, 2.45) is 0 Å². The Hall–Kier alpha value is -1.35. The van der Waals surface area contributed by atoms with Crippen molar-refractivity contribution in [2.45, 2.75) is 0 Å². The Morgan fingerprint density at radius 2 is 1.08 bits per heavy atom. The first-order chi connectivity index (χ1) is 5.61. The molecule has 0 N–H and O–H groups in total. The van der Waals surface area contributed by atoms with E-state index in [0.717, 1.165) is 24.3 Å². The third-order valence-electron chi connectivity index (χ3n) is 1.36. The Morgan fingerprint density at radius 1 is 0.846 bits per heavy atom. The number of rotatable bonds is 2. The Bertz CT molecular complexity index is 284. The van der Waals surface area contributed by atoms with E-state index in [4.69, 9.17) is 0 Å². The Balaban J connectivity index is 0.00000144. The summed E-state index contributed by atoms with van der Waals surface area (Å²) in [6, 6.07) is 4.61. The van der Waals surface area contributed by atoms with Gasteiger partial charge in [0.05, 0.1) is 11.9 Å². The minimum atomic E-state index is -1.33. The van der Waals surface area contributed by atoms with Gasteiger partial charge in [0, 0.05) is 0 Å². The summed E-state index contributed by atoms with van der Waals surface area (Å²) >= 11 is 0. The van der Waals surface area contributed by atoms with Gasteiger partial charge in [-0.2, -0.15) is 0 Å². The molecular formula is C8H4NiO4. The molecule has 0 spiro atoms. The van der Waals surface area contributed by atoms with Gasteiger partial charge in [-0.3, -0.25) is 0 Å². The molecular weight excluding hydrogens is 219 g/mol. The molecule has 0 amide bonds. The molecule has 0 aromatic heterocycles. The Morgan fingerprint density at radius 3 is 1.23 bits per heavy atom. The van der Waals surface area contributed by atoms with Crippen molar-refractivity contribution < 1.29 is 36.3 Å². The number of carbonyl (C=O) groups is 2. The minimum Gasteiger partial charge on any atom is -0.545 e. The molecule has 0 bridgehead atoms. The third-order valence-corrected chi connectivity index (χ3v) is 1.36. The smallest absolute Gasteiger partial charge is 0.545 e. The van der Waals surface area contributed by atoms with Gasteiger partial charge in [-0.15, -0.1) is 0 Å². The second-order valence-corrected chi connectivity index (χ2v) is 2.15. The summed E-state index contributed by atoms with van der Waals surface area (Å²) in [5.41, 5.74) is -0.111. The molecule has 0 saturated heterocycles. The third kappa shape index (κ3) is 2.88. The van der Waals surface area contributed by atoms with Crippen LogP contribution in [0.4, 0.5) is 0 Å². The molecule has 0 atom stereocenters. The molecule has 0 aliphatic rings. The summed E-state index contributed by atoms with van der Waals surface area (Å²) in [6.45, 7) is 0. The zero-order valence-electron chi connectivity index (χ0n) is 6.26. The topological polar surface area (TPSA) is 80.3 Å². The van der Waals surface area contributed by atoms with E-state index in [9.17, 15) is 19.8 Å². The van der Waals surface area contributed by atoms with Crippen LogP contribution in [0, 0.1) is 0 Å². The molecule has 1 aromatic rings. The van der Waals surface area contributed by atoms with E-state index in [-0.39, 0.29) is 27.6 Å². The largest absolute Gasteiger partial charge is 2.00 e. The molecule has 0 radical (unpaired) electrons. The fraction of sp³-hybridized carbons (Fsp3) is 0. The van der Waals surface area contributed by atoms with Crippen LogP contribution in [0.25, 0.3) is 0 Å². The van der Waals surface area contributed by atoms with Crippen molar-refractivity contribution in [2.75, 3.05) is 0 Å². The fourth-order valence-corrected chi connectivity index (χ4v) is 0.742. The van der Waals surface area contributed by atoms with Gasteiger partial charge in [-0.1, -0.05) is 24.3 Å². The molecule has 13 heavy (non-hydrogen) atoms. The summed E-state index contributed by atoms with van der Waals surface area (Å²) in [6.07, 6.45) is 0. The molecule has 0 heterocycles. The van der Waals surface area contributed by atoms with E-state index in [1.165, 1.54) is 0 Å². The van der Waals surface area contributed by atoms with Crippen LogP contribution in [-0.2, 0) is 16.5 Å². The summed E-state index contributed by atoms with van der Waals surface area (Å²) in [4.78, 5) is 20.4. The number of carboxylic acids is 2. The standard InChI is InChI=1S/C8H6O4.Ni/c9-7(10)5-1-2-6(4-3-5)8(11)12;/h1-4H,(H,9,10)(H,11,12);/q;+2/p-2. The Labute approximate surface area is 84.1 Å². The van der Waals surface area contributed by atoms with Crippen molar-refractivity contribution in [3.63, 3.8) is 0 Å². The Kier molecular flexibility index (Phi) is 4.14. The number of hydrogen-bond acceptors (Lipinski definition) is 4. The van der Waals surface area contributed by atoms with Crippen LogP contribution >= 0.6 is 0 Å². The van der Waals surface area contributed by atoms with Crippen molar-refractivity contribution >= 4 is 11.9 Å². The molecule has 0 saturated carbocycles. The summed E-state index contributed by atoms with van der Waals surface area (Å²) in [5.74, 6) is -2.67. The maximum atomic E-state index is 10.2. The first-order valence-corrected chi connectivity index (χ1v) is 3.14. The first-order valence-electron chi connectivity index (χ1n) is 3.14. The van der Waals surface area contributed by atoms with Crippen LogP contribution in [0.3, 0.4) is 0 Å². The summed E-state index contributed by atoms with van der Waals surface area (Å²) in [5, 5.41) is 20.4. The van der Waals surface area contributed by atoms with Crippen LogP contribution in [0.1, 0.15) is 20.7 Å². The molecule has 0 aliphatic heterocycles. The molecule has 0 fully saturated rings. The maximum Gasteiger partial charge on any atom is 2.00 e. The van der Waals surface area contributed by atoms with Crippen LogP contribution in [0.15, 0.2) is 24.3 Å². The molecule has 0 unspecified atom stereocenters. The van der Waals surface area contributed by atoms with Crippen molar-refractivity contribution in [1.29, 1.82) is 0 Å². The van der Waals surface area contributed by atoms with Gasteiger partial charge in [-0.25, -0.2) is 0 Å². The SMILES string of the molecule is O=C([O-])c1ccc(C(=O)[O-])cc1.[Ni+2]. The van der Waals surface area contributed by atoms with Gasteiger partial charge >= 0.3 is 16.5 Å². The molecule has 0 aliphatic carbocycles. The van der Waals surface area contributed by atoms with Crippen molar-refractivity contribution in [1.82, 2.24) is 0 Å². The molecule has 1 aromatic carbocycles. The monoisotopic (exact) mass is 222 g/mol. The van der Waals surface area contributed by atoms with E-state index in [1.54, 1.807) is 0 Å². The quantitative estimate of drug-likeness (QED) is 0.566. The van der Waals surface area contributed by atoms with Gasteiger partial charge in [-0.05, 0) is 11.1 Å². The number of carboxylic acid groups (broad SMARTS) is 2. The maximum absolute atomic E-state index is 10.2. The normalized spacial score (nSPS) is 8.62. The van der Waals surface area contributed by atoms with E-state index < -0.39 is 11.9 Å². The van der Waals surface area contributed by atoms with E-state index >= 15 is 0 Å². The van der Waals surface area contributed by atoms with Crippen LogP contribution in [0.5, 0.6) is 0 Å². The number of carbonyl (C=O) groups excluding carboxylic acids is 2. The molecule has 70 valence electrons. The van der Waals surface area contributed by atoms with Crippen LogP contribution < -0.4 is 10.2 Å². The van der Waals surface area contributed by atoms with Gasteiger partial charge in [0.1, 0.15) is 0 Å². The van der Waals surface area contributed by atoms with Gasteiger partial charge in [0.2, 0.25) is 0 Å². The van der Waals surface area contributed by atoms with E-state index in [1.807, 2.05) is 0 Å². The molecule has 4 nitrogen and oxygen atoms in total. The zero-order valence-corrected chi connectivity index (χ0v) is 7.25. The second-order valence-electron chi connectivity index (χ2n) is 2.15. The first kappa shape index (κ1) is 11.7.